The third kappa shape index (κ3) is 4.35. The number of hydrogen-bond donors (Lipinski definition) is 2. The first-order valence-corrected chi connectivity index (χ1v) is 9.22. The van der Waals surface area contributed by atoms with Crippen molar-refractivity contribution in [2.24, 2.45) is 0 Å². The van der Waals surface area contributed by atoms with Gasteiger partial charge in [0.05, 0.1) is 28.9 Å². The molecule has 1 heterocycles. The van der Waals surface area contributed by atoms with Crippen molar-refractivity contribution in [2.45, 2.75) is 18.5 Å². The van der Waals surface area contributed by atoms with Gasteiger partial charge in [-0.1, -0.05) is 23.9 Å². The number of rotatable bonds is 7. The summed E-state index contributed by atoms with van der Waals surface area (Å²) in [4.78, 5) is 19.8. The quantitative estimate of drug-likeness (QED) is 0.618. The van der Waals surface area contributed by atoms with Crippen LogP contribution >= 0.6 is 11.8 Å². The molecule has 0 spiro atoms. The Bertz CT molecular complexity index is 962. The van der Waals surface area contributed by atoms with Gasteiger partial charge in [0.1, 0.15) is 11.8 Å². The number of hydrogen-bond acceptors (Lipinski definition) is 5. The lowest BCUT2D eigenvalue weighted by Crippen LogP contribution is -2.13. The molecule has 26 heavy (non-hydrogen) atoms. The highest BCUT2D eigenvalue weighted by atomic mass is 32.2. The summed E-state index contributed by atoms with van der Waals surface area (Å²) in [6.07, 6.45) is 0.325. The van der Waals surface area contributed by atoms with E-state index in [9.17, 15) is 4.79 Å². The minimum absolute atomic E-state index is 0.130. The molecule has 0 aliphatic rings. The summed E-state index contributed by atoms with van der Waals surface area (Å²) in [5.74, 6) is 1.25. The molecule has 0 aliphatic heterocycles. The Balaban J connectivity index is 1.55. The Morgan fingerprint density at radius 2 is 2.19 bits per heavy atom. The predicted octanol–water partition coefficient (Wildman–Crippen LogP) is 3.95. The maximum absolute atomic E-state index is 12.1. The van der Waals surface area contributed by atoms with E-state index in [1.165, 1.54) is 11.8 Å². The Kier molecular flexibility index (Phi) is 5.77. The van der Waals surface area contributed by atoms with Gasteiger partial charge in [0.15, 0.2) is 5.16 Å². The number of imidazole rings is 1. The highest BCUT2D eigenvalue weighted by Gasteiger charge is 2.09. The Labute approximate surface area is 155 Å². The van der Waals surface area contributed by atoms with E-state index in [-0.39, 0.29) is 5.91 Å². The average Bonchev–Trinajstić information content (AvgIpc) is 3.04. The van der Waals surface area contributed by atoms with Crippen LogP contribution in [0.1, 0.15) is 18.9 Å². The zero-order valence-electron chi connectivity index (χ0n) is 14.3. The molecule has 0 radical (unpaired) electrons. The van der Waals surface area contributed by atoms with Crippen molar-refractivity contribution in [1.29, 1.82) is 5.26 Å². The number of aromatic nitrogens is 2. The number of amides is 1. The molecule has 3 rings (SSSR count). The Morgan fingerprint density at radius 3 is 3.00 bits per heavy atom. The minimum Gasteiger partial charge on any atom is -0.494 e. The number of thioether (sulfide) groups is 1. The molecule has 2 N–H and O–H groups in total. The van der Waals surface area contributed by atoms with Crippen molar-refractivity contribution in [2.75, 3.05) is 17.7 Å². The van der Waals surface area contributed by atoms with Gasteiger partial charge in [0.25, 0.3) is 0 Å². The number of carbonyl (C=O) groups is 1. The van der Waals surface area contributed by atoms with Gasteiger partial charge in [-0.05, 0) is 31.2 Å². The highest BCUT2D eigenvalue weighted by molar-refractivity contribution is 7.99. The predicted molar refractivity (Wildman–Crippen MR) is 102 cm³/mol. The van der Waals surface area contributed by atoms with Gasteiger partial charge in [-0.2, -0.15) is 5.26 Å². The maximum atomic E-state index is 12.1. The van der Waals surface area contributed by atoms with E-state index >= 15 is 0 Å². The van der Waals surface area contributed by atoms with Crippen molar-refractivity contribution < 1.29 is 9.53 Å². The van der Waals surface area contributed by atoms with Crippen LogP contribution in [-0.2, 0) is 4.79 Å². The molecule has 0 aliphatic carbocycles. The molecular formula is C19H18N4O2S. The van der Waals surface area contributed by atoms with Gasteiger partial charge in [-0.25, -0.2) is 4.98 Å². The second-order valence-corrected chi connectivity index (χ2v) is 6.54. The molecule has 2 aromatic carbocycles. The van der Waals surface area contributed by atoms with Crippen LogP contribution in [0.15, 0.2) is 47.6 Å². The zero-order chi connectivity index (χ0) is 18.4. The van der Waals surface area contributed by atoms with Crippen molar-refractivity contribution in [1.82, 2.24) is 9.97 Å². The van der Waals surface area contributed by atoms with E-state index in [1.54, 1.807) is 24.3 Å². The average molecular weight is 366 g/mol. The maximum Gasteiger partial charge on any atom is 0.225 e. The van der Waals surface area contributed by atoms with Crippen LogP contribution < -0.4 is 10.1 Å². The number of H-pyrrole nitrogens is 1. The van der Waals surface area contributed by atoms with E-state index in [1.807, 2.05) is 25.1 Å². The van der Waals surface area contributed by atoms with Crippen molar-refractivity contribution in [3.63, 3.8) is 0 Å². The molecule has 132 valence electrons. The van der Waals surface area contributed by atoms with Crippen LogP contribution in [0.4, 0.5) is 5.69 Å². The lowest BCUT2D eigenvalue weighted by molar-refractivity contribution is -0.115. The van der Waals surface area contributed by atoms with E-state index in [2.05, 4.69) is 21.4 Å². The number of ether oxygens (including phenoxy) is 1. The number of para-hydroxylation sites is 1. The summed E-state index contributed by atoms with van der Waals surface area (Å²) in [7, 11) is 0. The molecule has 1 aromatic heterocycles. The second-order valence-electron chi connectivity index (χ2n) is 5.46. The molecule has 3 aromatic rings. The summed E-state index contributed by atoms with van der Waals surface area (Å²) in [5, 5.41) is 12.6. The third-order valence-corrected chi connectivity index (χ3v) is 4.51. The largest absolute Gasteiger partial charge is 0.494 e. The Morgan fingerprint density at radius 1 is 1.35 bits per heavy atom. The summed E-state index contributed by atoms with van der Waals surface area (Å²) < 4.78 is 5.48. The van der Waals surface area contributed by atoms with Crippen LogP contribution in [-0.4, -0.2) is 28.2 Å². The summed E-state index contributed by atoms with van der Waals surface area (Å²) in [6.45, 7) is 2.56. The van der Waals surface area contributed by atoms with Crippen molar-refractivity contribution >= 4 is 34.4 Å². The summed E-state index contributed by atoms with van der Waals surface area (Å²) >= 11 is 1.48. The molecule has 7 heteroatoms. The number of aromatic amines is 1. The number of benzene rings is 2. The molecular weight excluding hydrogens is 348 g/mol. The van der Waals surface area contributed by atoms with Gasteiger partial charge in [0.2, 0.25) is 5.91 Å². The highest BCUT2D eigenvalue weighted by Crippen LogP contribution is 2.24. The fourth-order valence-electron chi connectivity index (χ4n) is 2.43. The number of anilines is 1. The summed E-state index contributed by atoms with van der Waals surface area (Å²) in [6, 6.07) is 14.7. The number of nitrogens with one attached hydrogen (secondary N) is 2. The molecule has 0 atom stereocenters. The van der Waals surface area contributed by atoms with E-state index in [4.69, 9.17) is 10.00 Å². The van der Waals surface area contributed by atoms with Gasteiger partial charge >= 0.3 is 0 Å². The first-order valence-electron chi connectivity index (χ1n) is 8.24. The number of carbonyl (C=O) groups excluding carboxylic acids is 1. The van der Waals surface area contributed by atoms with Gasteiger partial charge in [0, 0.05) is 18.2 Å². The fraction of sp³-hybridized carbons (Fsp3) is 0.211. The minimum atomic E-state index is -0.130. The van der Waals surface area contributed by atoms with Crippen LogP contribution in [0.3, 0.4) is 0 Å². The lowest BCUT2D eigenvalue weighted by atomic mass is 10.2. The topological polar surface area (TPSA) is 90.8 Å². The van der Waals surface area contributed by atoms with Gasteiger partial charge in [-0.3, -0.25) is 4.79 Å². The smallest absolute Gasteiger partial charge is 0.225 e. The van der Waals surface area contributed by atoms with Crippen LogP contribution in [0.5, 0.6) is 5.75 Å². The van der Waals surface area contributed by atoms with E-state index in [0.29, 0.717) is 30.0 Å². The monoisotopic (exact) mass is 366 g/mol. The molecule has 0 saturated carbocycles. The third-order valence-electron chi connectivity index (χ3n) is 3.63. The van der Waals surface area contributed by atoms with Crippen LogP contribution in [0.25, 0.3) is 11.0 Å². The Hall–Kier alpha value is -2.98. The fourth-order valence-corrected chi connectivity index (χ4v) is 3.26. The van der Waals surface area contributed by atoms with Crippen LogP contribution in [0.2, 0.25) is 0 Å². The van der Waals surface area contributed by atoms with Crippen molar-refractivity contribution in [3.05, 3.63) is 48.0 Å². The molecule has 0 saturated heterocycles. The first-order chi connectivity index (χ1) is 12.7. The second kappa shape index (κ2) is 8.41. The van der Waals surface area contributed by atoms with E-state index < -0.39 is 0 Å². The molecule has 0 fully saturated rings. The SMILES string of the molecule is CCOc1ccc2nc(SCCC(=O)Nc3ccccc3C#N)[nH]c2c1. The number of nitrogens with zero attached hydrogens (tertiary/aromatic N) is 2. The number of fused-ring (bicyclic) bond motifs is 1. The molecule has 6 nitrogen and oxygen atoms in total. The van der Waals surface area contributed by atoms with Crippen LogP contribution in [0, 0.1) is 11.3 Å². The molecule has 0 bridgehead atoms. The standard InChI is InChI=1S/C19H18N4O2S/c1-2-25-14-7-8-16-17(11-14)23-19(22-16)26-10-9-18(24)21-15-6-4-3-5-13(15)12-20/h3-8,11H,2,9-10H2,1H3,(H,21,24)(H,22,23). The number of nitriles is 1. The summed E-state index contributed by atoms with van der Waals surface area (Å²) in [5.41, 5.74) is 2.77. The van der Waals surface area contributed by atoms with Gasteiger partial charge < -0.3 is 15.0 Å². The lowest BCUT2D eigenvalue weighted by Gasteiger charge is -2.06. The van der Waals surface area contributed by atoms with Crippen molar-refractivity contribution in [3.8, 4) is 11.8 Å². The molecule has 0 unspecified atom stereocenters. The zero-order valence-corrected chi connectivity index (χ0v) is 15.1. The van der Waals surface area contributed by atoms with E-state index in [0.717, 1.165) is 21.9 Å². The molecule has 1 amide bonds. The first kappa shape index (κ1) is 17.8. The van der Waals surface area contributed by atoms with Gasteiger partial charge in [-0.15, -0.1) is 0 Å². The normalized spacial score (nSPS) is 10.5.